The van der Waals surface area contributed by atoms with Gasteiger partial charge < -0.3 is 36.4 Å². The molecule has 0 saturated heterocycles. The second-order valence-electron chi connectivity index (χ2n) is 3.02. The number of rotatable bonds is 6. The van der Waals surface area contributed by atoms with E-state index in [1.165, 1.54) is 0 Å². The highest BCUT2D eigenvalue weighted by Gasteiger charge is 2.33. The van der Waals surface area contributed by atoms with Gasteiger partial charge in [0.25, 0.3) is 0 Å². The number of aliphatic hydroxyl groups excluding tert-OH is 6. The molecule has 0 aromatic carbocycles. The van der Waals surface area contributed by atoms with Gasteiger partial charge in [-0.1, -0.05) is 0 Å². The molecule has 0 fully saturated rings. The maximum absolute atomic E-state index is 9.20. The van der Waals surface area contributed by atoms with Crippen LogP contribution in [0.25, 0.3) is 0 Å². The van der Waals surface area contributed by atoms with Gasteiger partial charge >= 0.3 is 0 Å². The van der Waals surface area contributed by atoms with E-state index in [1.807, 2.05) is 0 Å². The molecule has 0 radical (unpaired) electrons. The van der Waals surface area contributed by atoms with Gasteiger partial charge in [0.2, 0.25) is 0 Å². The maximum atomic E-state index is 9.20. The molecule has 0 spiro atoms. The topological polar surface area (TPSA) is 147 Å². The number of nitrogens with two attached hydrogens (primary N) is 1. The summed E-state index contributed by atoms with van der Waals surface area (Å²) in [4.78, 5) is 0. The second kappa shape index (κ2) is 6.25. The summed E-state index contributed by atoms with van der Waals surface area (Å²) >= 11 is 0. The third-order valence-corrected chi connectivity index (χ3v) is 1.92. The zero-order valence-electron chi connectivity index (χ0n) is 7.56. The van der Waals surface area contributed by atoms with Gasteiger partial charge in [-0.2, -0.15) is 0 Å². The molecule has 0 unspecified atom stereocenters. The Morgan fingerprint density at radius 3 is 1.57 bits per heavy atom. The first kappa shape index (κ1) is 13.7. The van der Waals surface area contributed by atoms with Crippen LogP contribution in [0.5, 0.6) is 0 Å². The third kappa shape index (κ3) is 3.46. The second-order valence-corrected chi connectivity index (χ2v) is 3.02. The van der Waals surface area contributed by atoms with Crippen LogP contribution in [0.3, 0.4) is 0 Å². The predicted octanol–water partition coefficient (Wildman–Crippen LogP) is -4.26. The fraction of sp³-hybridized carbons (Fsp3) is 1.00. The smallest absolute Gasteiger partial charge is 0.111 e. The Morgan fingerprint density at radius 1 is 0.786 bits per heavy atom. The molecule has 0 aliphatic carbocycles. The zero-order valence-corrected chi connectivity index (χ0v) is 7.56. The largest absolute Gasteiger partial charge is 0.394 e. The Morgan fingerprint density at radius 2 is 1.21 bits per heavy atom. The minimum atomic E-state index is -1.77. The molecule has 0 bridgehead atoms. The Kier molecular flexibility index (Phi) is 6.12. The molecule has 7 nitrogen and oxygen atoms in total. The first-order chi connectivity index (χ1) is 6.45. The summed E-state index contributed by atoms with van der Waals surface area (Å²) in [6.07, 6.45) is -8.15. The van der Waals surface area contributed by atoms with E-state index < -0.39 is 37.1 Å². The third-order valence-electron chi connectivity index (χ3n) is 1.92. The molecule has 0 saturated carbocycles. The Balaban J connectivity index is 4.22. The van der Waals surface area contributed by atoms with Crippen LogP contribution in [-0.4, -0.2) is 74.3 Å². The van der Waals surface area contributed by atoms with E-state index >= 15 is 0 Å². The Labute approximate surface area is 81.0 Å². The minimum absolute atomic E-state index is 0.292. The van der Waals surface area contributed by atoms with Crippen LogP contribution in [0.4, 0.5) is 0 Å². The lowest BCUT2D eigenvalue weighted by molar-refractivity contribution is -0.138. The number of aliphatic hydroxyl groups is 6. The van der Waals surface area contributed by atoms with Crippen LogP contribution in [0, 0.1) is 0 Å². The molecule has 5 atom stereocenters. The standard InChI is InChI=1S/C7H17NO6/c8-1-3(10)5(12)7(14)6(13)4(11)2-9/h3-7,9-14H,1-2,8H2/t3-,4+,5+,6+,7+/m0/s1. The summed E-state index contributed by atoms with van der Waals surface area (Å²) in [5.41, 5.74) is 5.00. The van der Waals surface area contributed by atoms with E-state index in [4.69, 9.17) is 31.3 Å². The molecule has 8 N–H and O–H groups in total. The summed E-state index contributed by atoms with van der Waals surface area (Å²) in [6.45, 7) is -1.05. The van der Waals surface area contributed by atoms with Crippen LogP contribution in [0.2, 0.25) is 0 Å². The Bertz CT molecular complexity index is 141. The predicted molar refractivity (Wildman–Crippen MR) is 46.2 cm³/mol. The average Bonchev–Trinajstić information content (AvgIpc) is 2.23. The summed E-state index contributed by atoms with van der Waals surface area (Å²) in [5, 5.41) is 53.9. The maximum Gasteiger partial charge on any atom is 0.111 e. The molecule has 7 heteroatoms. The summed E-state index contributed by atoms with van der Waals surface area (Å²) in [5.74, 6) is 0. The monoisotopic (exact) mass is 211 g/mol. The van der Waals surface area contributed by atoms with Crippen molar-refractivity contribution in [1.82, 2.24) is 0 Å². The van der Waals surface area contributed by atoms with Gasteiger partial charge in [0.05, 0.1) is 12.7 Å². The summed E-state index contributed by atoms with van der Waals surface area (Å²) < 4.78 is 0. The van der Waals surface area contributed by atoms with Gasteiger partial charge in [0, 0.05) is 6.54 Å². The number of hydrogen-bond acceptors (Lipinski definition) is 7. The van der Waals surface area contributed by atoms with Crippen molar-refractivity contribution < 1.29 is 30.6 Å². The molecule has 0 aromatic rings. The molecule has 0 amide bonds. The van der Waals surface area contributed by atoms with Crippen LogP contribution in [0.1, 0.15) is 0 Å². The molecule has 0 rings (SSSR count). The normalized spacial score (nSPS) is 22.5. The van der Waals surface area contributed by atoms with Crippen molar-refractivity contribution in [1.29, 1.82) is 0 Å². The highest BCUT2D eigenvalue weighted by atomic mass is 16.4. The van der Waals surface area contributed by atoms with E-state index in [1.54, 1.807) is 0 Å². The SMILES string of the molecule is NC[C@H](O)[C@@H](O)[C@@H](O)[C@H](O)[C@H](O)CO. The lowest BCUT2D eigenvalue weighted by atomic mass is 9.99. The van der Waals surface area contributed by atoms with Gasteiger partial charge in [-0.15, -0.1) is 0 Å². The van der Waals surface area contributed by atoms with Crippen LogP contribution < -0.4 is 5.73 Å². The van der Waals surface area contributed by atoms with Gasteiger partial charge in [-0.05, 0) is 0 Å². The van der Waals surface area contributed by atoms with Crippen molar-refractivity contribution in [3.63, 3.8) is 0 Å². The van der Waals surface area contributed by atoms with Crippen molar-refractivity contribution in [3.05, 3.63) is 0 Å². The van der Waals surface area contributed by atoms with E-state index in [0.717, 1.165) is 0 Å². The molecule has 0 aromatic heterocycles. The van der Waals surface area contributed by atoms with E-state index in [9.17, 15) is 5.11 Å². The highest BCUT2D eigenvalue weighted by molar-refractivity contribution is 4.84. The van der Waals surface area contributed by atoms with E-state index in [2.05, 4.69) is 0 Å². The van der Waals surface area contributed by atoms with Gasteiger partial charge in [-0.25, -0.2) is 0 Å². The van der Waals surface area contributed by atoms with Crippen molar-refractivity contribution in [2.75, 3.05) is 13.2 Å². The lowest BCUT2D eigenvalue weighted by Crippen LogP contribution is -2.51. The molecular formula is C7H17NO6. The van der Waals surface area contributed by atoms with Gasteiger partial charge in [0.15, 0.2) is 0 Å². The van der Waals surface area contributed by atoms with E-state index in [0.29, 0.717) is 0 Å². The van der Waals surface area contributed by atoms with Gasteiger partial charge in [-0.3, -0.25) is 0 Å². The van der Waals surface area contributed by atoms with Crippen LogP contribution >= 0.6 is 0 Å². The first-order valence-electron chi connectivity index (χ1n) is 4.17. The molecule has 0 aliphatic rings. The fourth-order valence-electron chi connectivity index (χ4n) is 0.905. The summed E-state index contributed by atoms with van der Waals surface area (Å²) in [7, 11) is 0. The molecule has 86 valence electrons. The molecule has 14 heavy (non-hydrogen) atoms. The quantitative estimate of drug-likeness (QED) is 0.235. The molecule has 0 heterocycles. The minimum Gasteiger partial charge on any atom is -0.394 e. The van der Waals surface area contributed by atoms with Crippen molar-refractivity contribution in [2.24, 2.45) is 5.73 Å². The fourth-order valence-corrected chi connectivity index (χ4v) is 0.905. The zero-order chi connectivity index (χ0) is 11.3. The first-order valence-corrected chi connectivity index (χ1v) is 4.17. The average molecular weight is 211 g/mol. The van der Waals surface area contributed by atoms with E-state index in [-0.39, 0.29) is 6.54 Å². The lowest BCUT2D eigenvalue weighted by Gasteiger charge is -2.27. The Hall–Kier alpha value is -0.280. The van der Waals surface area contributed by atoms with Crippen LogP contribution in [-0.2, 0) is 0 Å². The highest BCUT2D eigenvalue weighted by Crippen LogP contribution is 2.07. The van der Waals surface area contributed by atoms with Crippen LogP contribution in [0.15, 0.2) is 0 Å². The molecule has 0 aliphatic heterocycles. The molecular weight excluding hydrogens is 194 g/mol. The van der Waals surface area contributed by atoms with Crippen molar-refractivity contribution >= 4 is 0 Å². The van der Waals surface area contributed by atoms with Crippen molar-refractivity contribution in [2.45, 2.75) is 30.5 Å². The summed E-state index contributed by atoms with van der Waals surface area (Å²) in [6, 6.07) is 0. The van der Waals surface area contributed by atoms with Crippen molar-refractivity contribution in [3.8, 4) is 0 Å². The van der Waals surface area contributed by atoms with Gasteiger partial charge in [0.1, 0.15) is 24.4 Å². The number of hydrogen-bond donors (Lipinski definition) is 7.